The fourth-order valence-corrected chi connectivity index (χ4v) is 3.09. The van der Waals surface area contributed by atoms with E-state index in [2.05, 4.69) is 24.1 Å². The first kappa shape index (κ1) is 18.7. The van der Waals surface area contributed by atoms with Crippen LogP contribution in [0.25, 0.3) is 0 Å². The van der Waals surface area contributed by atoms with Crippen molar-refractivity contribution >= 4 is 5.91 Å². The van der Waals surface area contributed by atoms with E-state index in [0.717, 1.165) is 32.7 Å². The molecule has 1 saturated heterocycles. The summed E-state index contributed by atoms with van der Waals surface area (Å²) in [6.45, 7) is 11.0. The highest BCUT2D eigenvalue weighted by Crippen LogP contribution is 2.18. The van der Waals surface area contributed by atoms with E-state index in [1.807, 2.05) is 31.2 Å². The summed E-state index contributed by atoms with van der Waals surface area (Å²) < 4.78 is 11.0. The number of carbonyl (C=O) groups excluding carboxylic acids is 1. The zero-order valence-electron chi connectivity index (χ0n) is 15.1. The molecule has 134 valence electrons. The van der Waals surface area contributed by atoms with Gasteiger partial charge in [-0.05, 0) is 31.4 Å². The first-order valence-electron chi connectivity index (χ1n) is 8.93. The molecule has 1 fully saturated rings. The maximum absolute atomic E-state index is 12.6. The van der Waals surface area contributed by atoms with E-state index in [0.29, 0.717) is 36.4 Å². The fourth-order valence-electron chi connectivity index (χ4n) is 3.09. The van der Waals surface area contributed by atoms with Gasteiger partial charge in [0.05, 0.1) is 25.4 Å². The van der Waals surface area contributed by atoms with E-state index in [4.69, 9.17) is 9.47 Å². The van der Waals surface area contributed by atoms with Gasteiger partial charge in [-0.15, -0.1) is 0 Å². The largest absolute Gasteiger partial charge is 0.493 e. The zero-order chi connectivity index (χ0) is 17.4. The van der Waals surface area contributed by atoms with E-state index in [9.17, 15) is 4.79 Å². The molecule has 5 nitrogen and oxygen atoms in total. The summed E-state index contributed by atoms with van der Waals surface area (Å²) in [7, 11) is 0. The maximum Gasteiger partial charge on any atom is 0.255 e. The first-order valence-corrected chi connectivity index (χ1v) is 8.93. The summed E-state index contributed by atoms with van der Waals surface area (Å²) in [5, 5.41) is 3.10. The Morgan fingerprint density at radius 2 is 2.00 bits per heavy atom. The normalized spacial score (nSPS) is 16.8. The average Bonchev–Trinajstić information content (AvgIpc) is 2.59. The molecule has 5 heteroatoms. The van der Waals surface area contributed by atoms with Crippen LogP contribution in [0.15, 0.2) is 24.3 Å². The number of carbonyl (C=O) groups is 1. The lowest BCUT2D eigenvalue weighted by Gasteiger charge is -2.35. The van der Waals surface area contributed by atoms with Crippen molar-refractivity contribution in [2.75, 3.05) is 39.5 Å². The first-order chi connectivity index (χ1) is 11.6. The number of amides is 1. The van der Waals surface area contributed by atoms with E-state index in [1.54, 1.807) is 0 Å². The van der Waals surface area contributed by atoms with E-state index >= 15 is 0 Å². The molecule has 0 bridgehead atoms. The van der Waals surface area contributed by atoms with Crippen molar-refractivity contribution in [2.45, 2.75) is 33.2 Å². The summed E-state index contributed by atoms with van der Waals surface area (Å²) >= 11 is 0. The quantitative estimate of drug-likeness (QED) is 0.794. The Labute approximate surface area is 145 Å². The Bertz CT molecular complexity index is 513. The van der Waals surface area contributed by atoms with Crippen LogP contribution < -0.4 is 10.1 Å². The molecular weight excluding hydrogens is 304 g/mol. The van der Waals surface area contributed by atoms with E-state index in [1.165, 1.54) is 0 Å². The van der Waals surface area contributed by atoms with Crippen LogP contribution in [0.4, 0.5) is 0 Å². The summed E-state index contributed by atoms with van der Waals surface area (Å²) in [5.74, 6) is 1.16. The lowest BCUT2D eigenvalue weighted by atomic mass is 10.0. The number of morpholine rings is 1. The minimum atomic E-state index is -0.0685. The Kier molecular flexibility index (Phi) is 7.53. The summed E-state index contributed by atoms with van der Waals surface area (Å²) in [5.41, 5.74) is 0.602. The molecule has 1 unspecified atom stereocenters. The Hall–Kier alpha value is -1.59. The van der Waals surface area contributed by atoms with Gasteiger partial charge in [-0.25, -0.2) is 0 Å². The third kappa shape index (κ3) is 5.49. The molecule has 1 aromatic carbocycles. The molecule has 24 heavy (non-hydrogen) atoms. The lowest BCUT2D eigenvalue weighted by Crippen LogP contribution is -2.49. The highest BCUT2D eigenvalue weighted by Gasteiger charge is 2.23. The standard InChI is InChI=1S/C19H30N2O3/c1-4-24-18-8-6-5-7-17(18)19(22)20-14-16(13-15(2)3)21-9-11-23-12-10-21/h5-8,15-16H,4,9-14H2,1-3H3,(H,20,22). The van der Waals surface area contributed by atoms with Gasteiger partial charge in [-0.2, -0.15) is 0 Å². The summed E-state index contributed by atoms with van der Waals surface area (Å²) in [4.78, 5) is 15.0. The van der Waals surface area contributed by atoms with Gasteiger partial charge in [-0.1, -0.05) is 26.0 Å². The van der Waals surface area contributed by atoms with Crippen molar-refractivity contribution in [3.05, 3.63) is 29.8 Å². The topological polar surface area (TPSA) is 50.8 Å². The van der Waals surface area contributed by atoms with Gasteiger partial charge in [0.1, 0.15) is 5.75 Å². The number of ether oxygens (including phenoxy) is 2. The van der Waals surface area contributed by atoms with E-state index in [-0.39, 0.29) is 5.91 Å². The predicted molar refractivity (Wildman–Crippen MR) is 95.6 cm³/mol. The molecule has 0 saturated carbocycles. The Morgan fingerprint density at radius 1 is 1.29 bits per heavy atom. The van der Waals surface area contributed by atoms with Crippen molar-refractivity contribution in [1.82, 2.24) is 10.2 Å². The third-order valence-corrected chi connectivity index (χ3v) is 4.24. The summed E-state index contributed by atoms with van der Waals surface area (Å²) in [6.07, 6.45) is 1.06. The molecule has 1 aliphatic heterocycles. The fraction of sp³-hybridized carbons (Fsp3) is 0.632. The molecule has 1 aromatic rings. The Morgan fingerprint density at radius 3 is 2.67 bits per heavy atom. The van der Waals surface area contributed by atoms with Gasteiger partial charge in [0.15, 0.2) is 0 Å². The third-order valence-electron chi connectivity index (χ3n) is 4.24. The monoisotopic (exact) mass is 334 g/mol. The van der Waals surface area contributed by atoms with Crippen molar-refractivity contribution in [3.63, 3.8) is 0 Å². The molecule has 1 aliphatic rings. The Balaban J connectivity index is 1.98. The van der Waals surface area contributed by atoms with Crippen molar-refractivity contribution in [2.24, 2.45) is 5.92 Å². The molecule has 0 aromatic heterocycles. The SMILES string of the molecule is CCOc1ccccc1C(=O)NCC(CC(C)C)N1CCOCC1. The van der Waals surface area contributed by atoms with Crippen LogP contribution in [-0.2, 0) is 4.74 Å². The van der Waals surface area contributed by atoms with Crippen LogP contribution in [0.2, 0.25) is 0 Å². The highest BCUT2D eigenvalue weighted by molar-refractivity contribution is 5.96. The van der Waals surface area contributed by atoms with Crippen LogP contribution >= 0.6 is 0 Å². The number of benzene rings is 1. The van der Waals surface area contributed by atoms with E-state index < -0.39 is 0 Å². The zero-order valence-corrected chi connectivity index (χ0v) is 15.1. The van der Waals surface area contributed by atoms with Gasteiger partial charge in [0, 0.05) is 25.7 Å². The number of hydrogen-bond donors (Lipinski definition) is 1. The molecule has 1 heterocycles. The second-order valence-corrected chi connectivity index (χ2v) is 6.57. The average molecular weight is 334 g/mol. The summed E-state index contributed by atoms with van der Waals surface area (Å²) in [6, 6.07) is 7.75. The van der Waals surface area contributed by atoms with Crippen molar-refractivity contribution in [1.29, 1.82) is 0 Å². The molecule has 0 aliphatic carbocycles. The lowest BCUT2D eigenvalue weighted by molar-refractivity contribution is 0.0124. The number of nitrogens with zero attached hydrogens (tertiary/aromatic N) is 1. The minimum Gasteiger partial charge on any atom is -0.493 e. The molecular formula is C19H30N2O3. The maximum atomic E-state index is 12.6. The van der Waals surface area contributed by atoms with Gasteiger partial charge in [0.2, 0.25) is 0 Å². The van der Waals surface area contributed by atoms with Gasteiger partial charge in [-0.3, -0.25) is 9.69 Å². The van der Waals surface area contributed by atoms with Crippen LogP contribution in [0, 0.1) is 5.92 Å². The minimum absolute atomic E-state index is 0.0685. The predicted octanol–water partition coefficient (Wildman–Crippen LogP) is 2.56. The number of nitrogens with one attached hydrogen (secondary N) is 1. The van der Waals surface area contributed by atoms with Gasteiger partial charge >= 0.3 is 0 Å². The van der Waals surface area contributed by atoms with Gasteiger partial charge in [0.25, 0.3) is 5.91 Å². The van der Waals surface area contributed by atoms with Crippen molar-refractivity contribution in [3.8, 4) is 5.75 Å². The smallest absolute Gasteiger partial charge is 0.255 e. The highest BCUT2D eigenvalue weighted by atomic mass is 16.5. The van der Waals surface area contributed by atoms with Crippen LogP contribution in [0.1, 0.15) is 37.6 Å². The van der Waals surface area contributed by atoms with Crippen LogP contribution in [0.3, 0.4) is 0 Å². The molecule has 0 radical (unpaired) electrons. The van der Waals surface area contributed by atoms with Crippen molar-refractivity contribution < 1.29 is 14.3 Å². The number of rotatable bonds is 8. The van der Waals surface area contributed by atoms with Crippen LogP contribution in [0.5, 0.6) is 5.75 Å². The molecule has 0 spiro atoms. The second kappa shape index (κ2) is 9.64. The second-order valence-electron chi connectivity index (χ2n) is 6.57. The number of hydrogen-bond acceptors (Lipinski definition) is 4. The molecule has 1 atom stereocenters. The number of para-hydroxylation sites is 1. The molecule has 2 rings (SSSR count). The molecule has 1 amide bonds. The van der Waals surface area contributed by atoms with Crippen LogP contribution in [-0.4, -0.2) is 56.3 Å². The van der Waals surface area contributed by atoms with Gasteiger partial charge < -0.3 is 14.8 Å². The molecule has 1 N–H and O–H groups in total.